The van der Waals surface area contributed by atoms with Crippen LogP contribution in [0.25, 0.3) is 0 Å². The smallest absolute Gasteiger partial charge is 0.173 e. The highest BCUT2D eigenvalue weighted by molar-refractivity contribution is 5.32. The van der Waals surface area contributed by atoms with Crippen molar-refractivity contribution in [3.63, 3.8) is 0 Å². The molecule has 4 rings (SSSR count). The van der Waals surface area contributed by atoms with Crippen molar-refractivity contribution in [2.45, 2.75) is 19.5 Å². The number of tetrazole rings is 1. The summed E-state index contributed by atoms with van der Waals surface area (Å²) in [4.78, 5) is 4.75. The monoisotopic (exact) mass is 410 g/mol. The summed E-state index contributed by atoms with van der Waals surface area (Å²) in [6.45, 7) is 6.95. The number of hydrogen-bond donors (Lipinski definition) is 0. The molecule has 2 heterocycles. The molecule has 158 valence electrons. The van der Waals surface area contributed by atoms with Crippen LogP contribution in [0.2, 0.25) is 0 Å². The molecule has 0 unspecified atom stereocenters. The average Bonchev–Trinajstić information content (AvgIpc) is 3.20. The zero-order chi connectivity index (χ0) is 20.9. The van der Waals surface area contributed by atoms with Crippen molar-refractivity contribution in [2.75, 3.05) is 39.8 Å². The number of nitrogens with zero attached hydrogens (tertiary/aromatic N) is 6. The summed E-state index contributed by atoms with van der Waals surface area (Å²) in [5.41, 5.74) is 2.08. The molecule has 1 atom stereocenters. The van der Waals surface area contributed by atoms with Gasteiger partial charge in [0.25, 0.3) is 0 Å². The first-order valence-electron chi connectivity index (χ1n) is 10.3. The van der Waals surface area contributed by atoms with Gasteiger partial charge in [-0.1, -0.05) is 24.3 Å². The molecule has 0 saturated carbocycles. The Balaban J connectivity index is 1.66. The van der Waals surface area contributed by atoms with Crippen LogP contribution in [0.1, 0.15) is 29.9 Å². The van der Waals surface area contributed by atoms with Crippen LogP contribution in [-0.2, 0) is 6.54 Å². The van der Waals surface area contributed by atoms with Crippen molar-refractivity contribution in [2.24, 2.45) is 0 Å². The molecular weight excluding hydrogens is 383 g/mol. The van der Waals surface area contributed by atoms with Gasteiger partial charge in [-0.25, -0.2) is 9.07 Å². The Labute approximate surface area is 176 Å². The fraction of sp³-hybridized carbons (Fsp3) is 0.409. The van der Waals surface area contributed by atoms with Crippen LogP contribution in [0.15, 0.2) is 48.5 Å². The third-order valence-electron chi connectivity index (χ3n) is 5.46. The van der Waals surface area contributed by atoms with Crippen molar-refractivity contribution in [1.29, 1.82) is 0 Å². The predicted octanol–water partition coefficient (Wildman–Crippen LogP) is 2.60. The van der Waals surface area contributed by atoms with E-state index in [1.807, 2.05) is 23.7 Å². The molecule has 0 spiro atoms. The summed E-state index contributed by atoms with van der Waals surface area (Å²) >= 11 is 0. The van der Waals surface area contributed by atoms with Gasteiger partial charge in [0, 0.05) is 26.2 Å². The van der Waals surface area contributed by atoms with E-state index in [0.717, 1.165) is 48.9 Å². The van der Waals surface area contributed by atoms with E-state index in [9.17, 15) is 4.39 Å². The molecule has 1 saturated heterocycles. The second kappa shape index (κ2) is 9.32. The van der Waals surface area contributed by atoms with Gasteiger partial charge >= 0.3 is 0 Å². The Morgan fingerprint density at radius 2 is 1.70 bits per heavy atom. The number of hydrogen-bond acceptors (Lipinski definition) is 6. The van der Waals surface area contributed by atoms with Gasteiger partial charge in [0.2, 0.25) is 0 Å². The minimum absolute atomic E-state index is 0.0650. The van der Waals surface area contributed by atoms with Crippen LogP contribution in [0.3, 0.4) is 0 Å². The fourth-order valence-corrected chi connectivity index (χ4v) is 3.80. The summed E-state index contributed by atoms with van der Waals surface area (Å²) < 4.78 is 20.7. The lowest BCUT2D eigenvalue weighted by Crippen LogP contribution is -2.46. The van der Waals surface area contributed by atoms with Gasteiger partial charge < -0.3 is 9.64 Å². The first-order chi connectivity index (χ1) is 14.6. The number of ether oxygens (including phenoxy) is 1. The van der Waals surface area contributed by atoms with Crippen LogP contribution in [0.4, 0.5) is 4.39 Å². The van der Waals surface area contributed by atoms with Crippen molar-refractivity contribution in [3.05, 3.63) is 71.3 Å². The predicted molar refractivity (Wildman–Crippen MR) is 112 cm³/mol. The fourth-order valence-electron chi connectivity index (χ4n) is 3.80. The maximum Gasteiger partial charge on any atom is 0.173 e. The van der Waals surface area contributed by atoms with E-state index in [0.29, 0.717) is 13.2 Å². The summed E-state index contributed by atoms with van der Waals surface area (Å²) in [5.74, 6) is 1.39. The topological polar surface area (TPSA) is 59.3 Å². The number of rotatable bonds is 7. The average molecular weight is 410 g/mol. The Morgan fingerprint density at radius 1 is 1.00 bits per heavy atom. The number of benzene rings is 2. The van der Waals surface area contributed by atoms with Crippen molar-refractivity contribution >= 4 is 0 Å². The molecule has 1 aromatic heterocycles. The molecule has 0 N–H and O–H groups in total. The normalized spacial score (nSPS) is 16.5. The van der Waals surface area contributed by atoms with E-state index in [2.05, 4.69) is 44.5 Å². The van der Waals surface area contributed by atoms with Gasteiger partial charge in [-0.3, -0.25) is 4.90 Å². The van der Waals surface area contributed by atoms with E-state index in [-0.39, 0.29) is 11.9 Å². The lowest BCUT2D eigenvalue weighted by molar-refractivity contribution is 0.121. The lowest BCUT2D eigenvalue weighted by atomic mass is 10.0. The van der Waals surface area contributed by atoms with Gasteiger partial charge in [-0.15, -0.1) is 5.10 Å². The van der Waals surface area contributed by atoms with E-state index in [4.69, 9.17) is 4.74 Å². The lowest BCUT2D eigenvalue weighted by Gasteiger charge is -2.37. The number of piperazine rings is 1. The van der Waals surface area contributed by atoms with E-state index in [1.54, 1.807) is 12.1 Å². The summed E-state index contributed by atoms with van der Waals surface area (Å²) in [5, 5.41) is 12.6. The Hall–Kier alpha value is -2.84. The van der Waals surface area contributed by atoms with Crippen molar-refractivity contribution in [3.8, 4) is 5.75 Å². The Morgan fingerprint density at radius 3 is 2.37 bits per heavy atom. The SMILES string of the molecule is CCOc1ccc([C@@H](c2nnnn2Cc2ccc(F)cc2)N2CCN(C)CC2)cc1. The minimum Gasteiger partial charge on any atom is -0.494 e. The molecule has 8 heteroatoms. The molecule has 0 aliphatic carbocycles. The molecule has 1 fully saturated rings. The number of aromatic nitrogens is 4. The molecule has 30 heavy (non-hydrogen) atoms. The van der Waals surface area contributed by atoms with Crippen molar-refractivity contribution in [1.82, 2.24) is 30.0 Å². The Kier molecular flexibility index (Phi) is 6.35. The summed E-state index contributed by atoms with van der Waals surface area (Å²) in [6, 6.07) is 14.6. The second-order valence-electron chi connectivity index (χ2n) is 7.57. The second-order valence-corrected chi connectivity index (χ2v) is 7.57. The van der Waals surface area contributed by atoms with Crippen LogP contribution in [0.5, 0.6) is 5.75 Å². The van der Waals surface area contributed by atoms with Crippen LogP contribution in [0, 0.1) is 5.82 Å². The molecule has 2 aromatic carbocycles. The highest BCUT2D eigenvalue weighted by atomic mass is 19.1. The van der Waals surface area contributed by atoms with Crippen molar-refractivity contribution < 1.29 is 9.13 Å². The Bertz CT molecular complexity index is 935. The maximum absolute atomic E-state index is 13.3. The highest BCUT2D eigenvalue weighted by Crippen LogP contribution is 2.29. The number of halogens is 1. The molecule has 1 aliphatic heterocycles. The zero-order valence-corrected chi connectivity index (χ0v) is 17.4. The molecule has 0 amide bonds. The molecular formula is C22H27FN6O. The standard InChI is InChI=1S/C22H27FN6O/c1-3-30-20-10-6-18(7-11-20)21(28-14-12-27(2)13-15-28)22-24-25-26-29(22)16-17-4-8-19(23)9-5-17/h4-11,21H,3,12-16H2,1-2H3/t21-/m0/s1. The van der Waals surface area contributed by atoms with E-state index < -0.39 is 0 Å². The maximum atomic E-state index is 13.3. The molecule has 3 aromatic rings. The molecule has 1 aliphatic rings. The third kappa shape index (κ3) is 4.66. The van der Waals surface area contributed by atoms with E-state index in [1.165, 1.54) is 12.1 Å². The van der Waals surface area contributed by atoms with Gasteiger partial charge in [0.1, 0.15) is 11.6 Å². The summed E-state index contributed by atoms with van der Waals surface area (Å²) in [6.07, 6.45) is 0. The first kappa shape index (κ1) is 20.4. The molecule has 0 radical (unpaired) electrons. The van der Waals surface area contributed by atoms with Gasteiger partial charge in [0.05, 0.1) is 19.2 Å². The van der Waals surface area contributed by atoms with Crippen LogP contribution >= 0.6 is 0 Å². The largest absolute Gasteiger partial charge is 0.494 e. The molecule has 0 bridgehead atoms. The third-order valence-corrected chi connectivity index (χ3v) is 5.46. The zero-order valence-electron chi connectivity index (χ0n) is 17.4. The van der Waals surface area contributed by atoms with Crippen LogP contribution < -0.4 is 4.74 Å². The molecule has 7 nitrogen and oxygen atoms in total. The van der Waals surface area contributed by atoms with Gasteiger partial charge in [-0.05, 0) is 59.8 Å². The quantitative estimate of drug-likeness (QED) is 0.597. The first-order valence-corrected chi connectivity index (χ1v) is 10.3. The van der Waals surface area contributed by atoms with Gasteiger partial charge in [-0.2, -0.15) is 0 Å². The summed E-state index contributed by atoms with van der Waals surface area (Å²) in [7, 11) is 2.14. The van der Waals surface area contributed by atoms with E-state index >= 15 is 0 Å². The highest BCUT2D eigenvalue weighted by Gasteiger charge is 2.30. The van der Waals surface area contributed by atoms with Crippen LogP contribution in [-0.4, -0.2) is 69.8 Å². The minimum atomic E-state index is -0.250. The van der Waals surface area contributed by atoms with Gasteiger partial charge in [0.15, 0.2) is 5.82 Å². The number of likely N-dealkylation sites (N-methyl/N-ethyl adjacent to an activating group) is 1.